The summed E-state index contributed by atoms with van der Waals surface area (Å²) in [6, 6.07) is 0. The molecule has 0 radical (unpaired) electrons. The summed E-state index contributed by atoms with van der Waals surface area (Å²) in [5, 5.41) is 0. The molecule has 0 atom stereocenters. The van der Waals surface area contributed by atoms with E-state index in [9.17, 15) is 9.59 Å². The smallest absolute Gasteiger partial charge is 0.348 e. The molecule has 0 aromatic heterocycles. The normalized spacial score (nSPS) is 16.0. The van der Waals surface area contributed by atoms with Crippen LogP contribution in [0.4, 0.5) is 0 Å². The van der Waals surface area contributed by atoms with Crippen molar-refractivity contribution in [3.63, 3.8) is 0 Å². The van der Waals surface area contributed by atoms with Crippen LogP contribution in [-0.4, -0.2) is 18.5 Å². The summed E-state index contributed by atoms with van der Waals surface area (Å²) in [6.07, 6.45) is 3.61. The van der Waals surface area contributed by atoms with Crippen LogP contribution < -0.4 is 0 Å². The van der Waals surface area contributed by atoms with E-state index in [1.165, 1.54) is 0 Å². The fourth-order valence-corrected chi connectivity index (χ4v) is 1.04. The Hall–Kier alpha value is -0.840. The van der Waals surface area contributed by atoms with Gasteiger partial charge in [-0.25, -0.2) is 4.79 Å². The molecule has 5 heteroatoms. The van der Waals surface area contributed by atoms with Crippen LogP contribution in [0.1, 0.15) is 26.2 Å². The van der Waals surface area contributed by atoms with E-state index in [4.69, 9.17) is 9.47 Å². The Morgan fingerprint density at radius 2 is 2.13 bits per heavy atom. The van der Waals surface area contributed by atoms with Gasteiger partial charge >= 0.3 is 11.9 Å². The predicted molar refractivity (Wildman–Crippen MR) is 57.1 cm³/mol. The third kappa shape index (κ3) is 4.46. The lowest BCUT2D eigenvalue weighted by molar-refractivity contribution is -0.140. The summed E-state index contributed by atoms with van der Waals surface area (Å²) in [7, 11) is 0. The van der Waals surface area contributed by atoms with Gasteiger partial charge in [0, 0.05) is 0 Å². The maximum atomic E-state index is 11.2. The van der Waals surface area contributed by atoms with E-state index in [1.54, 1.807) is 0 Å². The number of rotatable bonds is 5. The Labute approximate surface area is 96.7 Å². The van der Waals surface area contributed by atoms with Crippen molar-refractivity contribution in [2.24, 2.45) is 5.92 Å². The summed E-state index contributed by atoms with van der Waals surface area (Å²) in [5.74, 6) is -0.774. The minimum absolute atomic E-state index is 0.0215. The van der Waals surface area contributed by atoms with Crippen LogP contribution in [0.15, 0.2) is 10.7 Å². The second-order valence-corrected chi connectivity index (χ2v) is 4.17. The number of hydrogen-bond acceptors (Lipinski definition) is 4. The van der Waals surface area contributed by atoms with Crippen molar-refractivity contribution in [1.29, 1.82) is 0 Å². The first-order valence-electron chi connectivity index (χ1n) is 4.88. The number of ether oxygens (including phenoxy) is 2. The van der Waals surface area contributed by atoms with E-state index in [1.807, 2.05) is 6.92 Å². The minimum atomic E-state index is -0.513. The Balaban J connectivity index is 2.30. The van der Waals surface area contributed by atoms with Crippen molar-refractivity contribution in [2.45, 2.75) is 26.2 Å². The van der Waals surface area contributed by atoms with Gasteiger partial charge in [-0.3, -0.25) is 4.79 Å². The number of hydrogen-bond donors (Lipinski definition) is 0. The molecule has 4 nitrogen and oxygen atoms in total. The maximum Gasteiger partial charge on any atom is 0.348 e. The van der Waals surface area contributed by atoms with Gasteiger partial charge in [0.1, 0.15) is 10.7 Å². The lowest BCUT2D eigenvalue weighted by Crippen LogP contribution is -2.07. The molecule has 0 amide bonds. The van der Waals surface area contributed by atoms with Crippen molar-refractivity contribution in [1.82, 2.24) is 0 Å². The van der Waals surface area contributed by atoms with E-state index in [0.717, 1.165) is 25.5 Å². The summed E-state index contributed by atoms with van der Waals surface area (Å²) in [6.45, 7) is 2.26. The van der Waals surface area contributed by atoms with E-state index in [2.05, 4.69) is 15.9 Å². The Bertz CT molecular complexity index is 281. The van der Waals surface area contributed by atoms with Gasteiger partial charge in [-0.05, 0) is 35.2 Å². The summed E-state index contributed by atoms with van der Waals surface area (Å²) < 4.78 is 9.73. The van der Waals surface area contributed by atoms with Gasteiger partial charge in [0.25, 0.3) is 0 Å². The molecule has 0 N–H and O–H groups in total. The lowest BCUT2D eigenvalue weighted by Gasteiger charge is -2.01. The average Bonchev–Trinajstić information content (AvgIpc) is 3.05. The highest BCUT2D eigenvalue weighted by atomic mass is 79.9. The average molecular weight is 277 g/mol. The van der Waals surface area contributed by atoms with E-state index >= 15 is 0 Å². The third-order valence-corrected chi connectivity index (χ3v) is 2.33. The molecule has 0 aliphatic heterocycles. The highest BCUT2D eigenvalue weighted by molar-refractivity contribution is 9.12. The van der Waals surface area contributed by atoms with Crippen LogP contribution in [0.2, 0.25) is 0 Å². The molecule has 84 valence electrons. The first kappa shape index (κ1) is 12.2. The Kier molecular flexibility index (Phi) is 4.81. The molecule has 1 aliphatic rings. The number of carbonyl (C=O) groups excluding carboxylic acids is 2. The van der Waals surface area contributed by atoms with Gasteiger partial charge in [0.15, 0.2) is 0 Å². The Morgan fingerprint density at radius 3 is 2.67 bits per heavy atom. The van der Waals surface area contributed by atoms with E-state index in [-0.39, 0.29) is 16.4 Å². The van der Waals surface area contributed by atoms with Crippen molar-refractivity contribution >= 4 is 27.9 Å². The molecule has 0 unspecified atom stereocenters. The zero-order chi connectivity index (χ0) is 11.3. The molecule has 0 spiro atoms. The molecule has 0 bridgehead atoms. The summed E-state index contributed by atoms with van der Waals surface area (Å²) in [5.41, 5.74) is 0. The van der Waals surface area contributed by atoms with Gasteiger partial charge in [0.2, 0.25) is 0 Å². The molecule has 15 heavy (non-hydrogen) atoms. The van der Waals surface area contributed by atoms with Crippen molar-refractivity contribution in [3.8, 4) is 0 Å². The minimum Gasteiger partial charge on any atom is -0.462 e. The van der Waals surface area contributed by atoms with Crippen molar-refractivity contribution < 1.29 is 19.1 Å². The summed E-state index contributed by atoms with van der Waals surface area (Å²) in [4.78, 5) is 22.3. The number of halogens is 1. The zero-order valence-electron chi connectivity index (χ0n) is 8.49. The van der Waals surface area contributed by atoms with Crippen LogP contribution in [0.25, 0.3) is 0 Å². The second kappa shape index (κ2) is 5.90. The van der Waals surface area contributed by atoms with Gasteiger partial charge in [0.05, 0.1) is 12.5 Å². The zero-order valence-corrected chi connectivity index (χ0v) is 10.1. The van der Waals surface area contributed by atoms with Crippen LogP contribution >= 0.6 is 15.9 Å². The Morgan fingerprint density at radius 1 is 1.47 bits per heavy atom. The standard InChI is InChI=1S/C10H13BrO4/c1-2-5-14-10(13)8(11)6-15-9(12)7-3-4-7/h6-7H,2-5H2,1H3. The largest absolute Gasteiger partial charge is 0.462 e. The number of esters is 2. The molecule has 1 aliphatic carbocycles. The molecular weight excluding hydrogens is 264 g/mol. The molecule has 1 fully saturated rings. The van der Waals surface area contributed by atoms with Crippen LogP contribution in [0, 0.1) is 5.92 Å². The molecule has 1 rings (SSSR count). The SMILES string of the molecule is CCCOC(=O)C(Br)=COC(=O)C1CC1. The molecular formula is C10H13BrO4. The highest BCUT2D eigenvalue weighted by Gasteiger charge is 2.31. The predicted octanol–water partition coefficient (Wildman–Crippen LogP) is 2.13. The van der Waals surface area contributed by atoms with Gasteiger partial charge in [-0.1, -0.05) is 6.92 Å². The fourth-order valence-electron chi connectivity index (χ4n) is 0.837. The summed E-state index contributed by atoms with van der Waals surface area (Å²) >= 11 is 2.98. The van der Waals surface area contributed by atoms with Gasteiger partial charge in [-0.2, -0.15) is 0 Å². The molecule has 1 saturated carbocycles. The highest BCUT2D eigenvalue weighted by Crippen LogP contribution is 2.30. The topological polar surface area (TPSA) is 52.6 Å². The first-order chi connectivity index (χ1) is 7.15. The first-order valence-corrected chi connectivity index (χ1v) is 5.67. The quantitative estimate of drug-likeness (QED) is 0.439. The molecule has 0 aromatic carbocycles. The van der Waals surface area contributed by atoms with E-state index in [0.29, 0.717) is 6.61 Å². The van der Waals surface area contributed by atoms with Crippen molar-refractivity contribution in [2.75, 3.05) is 6.61 Å². The fraction of sp³-hybridized carbons (Fsp3) is 0.600. The lowest BCUT2D eigenvalue weighted by atomic mass is 10.4. The maximum absolute atomic E-state index is 11.2. The van der Waals surface area contributed by atoms with Gasteiger partial charge < -0.3 is 9.47 Å². The monoisotopic (exact) mass is 276 g/mol. The molecule has 0 heterocycles. The van der Waals surface area contributed by atoms with Gasteiger partial charge in [-0.15, -0.1) is 0 Å². The van der Waals surface area contributed by atoms with Crippen molar-refractivity contribution in [3.05, 3.63) is 10.7 Å². The van der Waals surface area contributed by atoms with Crippen LogP contribution in [0.3, 0.4) is 0 Å². The van der Waals surface area contributed by atoms with Crippen LogP contribution in [0.5, 0.6) is 0 Å². The van der Waals surface area contributed by atoms with E-state index < -0.39 is 5.97 Å². The van der Waals surface area contributed by atoms with Crippen LogP contribution in [-0.2, 0) is 19.1 Å². The molecule has 0 aromatic rings. The second-order valence-electron chi connectivity index (χ2n) is 3.31. The third-order valence-electron chi connectivity index (χ3n) is 1.82. The number of carbonyl (C=O) groups is 2. The molecule has 0 saturated heterocycles.